The van der Waals surface area contributed by atoms with E-state index < -0.39 is 0 Å². The predicted molar refractivity (Wildman–Crippen MR) is 62.1 cm³/mol. The van der Waals surface area contributed by atoms with Crippen LogP contribution >= 0.6 is 11.6 Å². The van der Waals surface area contributed by atoms with Crippen LogP contribution in [0.2, 0.25) is 5.02 Å². The van der Waals surface area contributed by atoms with Crippen molar-refractivity contribution in [2.45, 2.75) is 6.04 Å². The molecular weight excluding hydrogens is 228 g/mol. The highest BCUT2D eigenvalue weighted by molar-refractivity contribution is 6.30. The Morgan fingerprint density at radius 2 is 2.31 bits per heavy atom. The van der Waals surface area contributed by atoms with Crippen LogP contribution in [0.25, 0.3) is 0 Å². The first-order valence-electron chi connectivity index (χ1n) is 5.06. The molecule has 0 atom stereocenters. The molecule has 0 aromatic heterocycles. The zero-order chi connectivity index (χ0) is 11.5. The summed E-state index contributed by atoms with van der Waals surface area (Å²) in [5.41, 5.74) is 0.513. The monoisotopic (exact) mass is 240 g/mol. The zero-order valence-corrected chi connectivity index (χ0v) is 9.67. The number of methoxy groups -OCH3 is 1. The SMILES string of the molecule is COc1cc(Cl)ccc1C(=O)NC1CNC1. The third kappa shape index (κ3) is 2.28. The van der Waals surface area contributed by atoms with Crippen molar-refractivity contribution in [3.63, 3.8) is 0 Å². The van der Waals surface area contributed by atoms with Crippen LogP contribution in [-0.4, -0.2) is 32.1 Å². The third-order valence-electron chi connectivity index (χ3n) is 2.52. The standard InChI is InChI=1S/C11H13ClN2O2/c1-16-10-4-7(12)2-3-9(10)11(15)14-8-5-13-6-8/h2-4,8,13H,5-6H2,1H3,(H,14,15). The lowest BCUT2D eigenvalue weighted by Gasteiger charge is -2.28. The van der Waals surface area contributed by atoms with Gasteiger partial charge in [-0.3, -0.25) is 4.79 Å². The second-order valence-corrected chi connectivity index (χ2v) is 4.11. The summed E-state index contributed by atoms with van der Waals surface area (Å²) in [6, 6.07) is 5.20. The van der Waals surface area contributed by atoms with E-state index >= 15 is 0 Å². The molecule has 1 aliphatic heterocycles. The Morgan fingerprint density at radius 3 is 2.88 bits per heavy atom. The lowest BCUT2D eigenvalue weighted by atomic mass is 10.1. The van der Waals surface area contributed by atoms with E-state index in [1.54, 1.807) is 18.2 Å². The molecule has 4 nitrogen and oxygen atoms in total. The second kappa shape index (κ2) is 4.72. The molecule has 2 N–H and O–H groups in total. The molecule has 2 rings (SSSR count). The second-order valence-electron chi connectivity index (χ2n) is 3.67. The quantitative estimate of drug-likeness (QED) is 0.831. The van der Waals surface area contributed by atoms with Gasteiger partial charge in [0.2, 0.25) is 0 Å². The summed E-state index contributed by atoms with van der Waals surface area (Å²) in [6.45, 7) is 1.64. The third-order valence-corrected chi connectivity index (χ3v) is 2.76. The van der Waals surface area contributed by atoms with Crippen molar-refractivity contribution in [3.05, 3.63) is 28.8 Å². The fraction of sp³-hybridized carbons (Fsp3) is 0.364. The summed E-state index contributed by atoms with van der Waals surface area (Å²) in [4.78, 5) is 11.9. The van der Waals surface area contributed by atoms with Crippen molar-refractivity contribution in [2.24, 2.45) is 0 Å². The molecule has 5 heteroatoms. The van der Waals surface area contributed by atoms with Gasteiger partial charge in [-0.15, -0.1) is 0 Å². The van der Waals surface area contributed by atoms with Gasteiger partial charge in [-0.1, -0.05) is 11.6 Å². The van der Waals surface area contributed by atoms with Crippen LogP contribution in [0.5, 0.6) is 5.75 Å². The lowest BCUT2D eigenvalue weighted by molar-refractivity contribution is 0.0921. The summed E-state index contributed by atoms with van der Waals surface area (Å²) < 4.78 is 5.12. The van der Waals surface area contributed by atoms with Gasteiger partial charge in [0.15, 0.2) is 0 Å². The Labute approximate surface area is 98.9 Å². The summed E-state index contributed by atoms with van der Waals surface area (Å²) in [5, 5.41) is 6.55. The van der Waals surface area contributed by atoms with E-state index in [-0.39, 0.29) is 11.9 Å². The van der Waals surface area contributed by atoms with Crippen molar-refractivity contribution < 1.29 is 9.53 Å². The number of benzene rings is 1. The number of ether oxygens (including phenoxy) is 1. The number of rotatable bonds is 3. The number of amides is 1. The summed E-state index contributed by atoms with van der Waals surface area (Å²) in [6.07, 6.45) is 0. The first kappa shape index (κ1) is 11.2. The molecular formula is C11H13ClN2O2. The molecule has 0 radical (unpaired) electrons. The van der Waals surface area contributed by atoms with Gasteiger partial charge in [0.1, 0.15) is 5.75 Å². The fourth-order valence-corrected chi connectivity index (χ4v) is 1.67. The van der Waals surface area contributed by atoms with Gasteiger partial charge in [-0.25, -0.2) is 0 Å². The van der Waals surface area contributed by atoms with E-state index in [0.717, 1.165) is 13.1 Å². The molecule has 1 heterocycles. The van der Waals surface area contributed by atoms with Gasteiger partial charge in [0.25, 0.3) is 5.91 Å². The average molecular weight is 241 g/mol. The Balaban J connectivity index is 2.14. The van der Waals surface area contributed by atoms with Gasteiger partial charge in [0.05, 0.1) is 18.7 Å². The lowest BCUT2D eigenvalue weighted by Crippen LogP contribution is -2.56. The molecule has 1 aliphatic rings. The number of hydrogen-bond donors (Lipinski definition) is 2. The first-order valence-corrected chi connectivity index (χ1v) is 5.43. The smallest absolute Gasteiger partial charge is 0.255 e. The van der Waals surface area contributed by atoms with Gasteiger partial charge in [0, 0.05) is 18.1 Å². The fourth-order valence-electron chi connectivity index (χ4n) is 1.51. The number of carbonyl (C=O) groups is 1. The van der Waals surface area contributed by atoms with Crippen LogP contribution in [0.1, 0.15) is 10.4 Å². The van der Waals surface area contributed by atoms with E-state index in [1.165, 1.54) is 7.11 Å². The van der Waals surface area contributed by atoms with Crippen LogP contribution in [0, 0.1) is 0 Å². The largest absolute Gasteiger partial charge is 0.496 e. The van der Waals surface area contributed by atoms with Crippen LogP contribution < -0.4 is 15.4 Å². The molecule has 1 saturated heterocycles. The van der Waals surface area contributed by atoms with E-state index in [2.05, 4.69) is 10.6 Å². The molecule has 16 heavy (non-hydrogen) atoms. The van der Waals surface area contributed by atoms with Crippen molar-refractivity contribution in [1.82, 2.24) is 10.6 Å². The highest BCUT2D eigenvalue weighted by Crippen LogP contribution is 2.23. The van der Waals surface area contributed by atoms with Crippen LogP contribution in [0.3, 0.4) is 0 Å². The first-order chi connectivity index (χ1) is 7.70. The molecule has 1 fully saturated rings. The van der Waals surface area contributed by atoms with Gasteiger partial charge in [-0.2, -0.15) is 0 Å². The van der Waals surface area contributed by atoms with Crippen LogP contribution in [-0.2, 0) is 0 Å². The molecule has 1 aromatic carbocycles. The van der Waals surface area contributed by atoms with Gasteiger partial charge < -0.3 is 15.4 Å². The summed E-state index contributed by atoms with van der Waals surface area (Å²) in [5.74, 6) is 0.372. The van der Waals surface area contributed by atoms with Gasteiger partial charge in [-0.05, 0) is 18.2 Å². The Hall–Kier alpha value is -1.26. The summed E-state index contributed by atoms with van der Waals surface area (Å²) in [7, 11) is 1.52. The summed E-state index contributed by atoms with van der Waals surface area (Å²) >= 11 is 5.82. The Morgan fingerprint density at radius 1 is 1.56 bits per heavy atom. The van der Waals surface area contributed by atoms with E-state index in [4.69, 9.17) is 16.3 Å². The number of nitrogens with one attached hydrogen (secondary N) is 2. The average Bonchev–Trinajstić information content (AvgIpc) is 2.23. The predicted octanol–water partition coefficient (Wildman–Crippen LogP) is 1.05. The van der Waals surface area contributed by atoms with Crippen molar-refractivity contribution in [1.29, 1.82) is 0 Å². The number of carbonyl (C=O) groups excluding carboxylic acids is 1. The van der Waals surface area contributed by atoms with Gasteiger partial charge >= 0.3 is 0 Å². The number of halogens is 1. The maximum Gasteiger partial charge on any atom is 0.255 e. The molecule has 1 aromatic rings. The van der Waals surface area contributed by atoms with E-state index in [1.807, 2.05) is 0 Å². The Kier molecular flexibility index (Phi) is 3.31. The minimum atomic E-state index is -0.125. The molecule has 0 aliphatic carbocycles. The van der Waals surface area contributed by atoms with Crippen molar-refractivity contribution >= 4 is 17.5 Å². The maximum atomic E-state index is 11.9. The molecule has 0 bridgehead atoms. The highest BCUT2D eigenvalue weighted by Gasteiger charge is 2.21. The van der Waals surface area contributed by atoms with Crippen LogP contribution in [0.4, 0.5) is 0 Å². The van der Waals surface area contributed by atoms with E-state index in [9.17, 15) is 4.79 Å². The topological polar surface area (TPSA) is 50.4 Å². The number of hydrogen-bond acceptors (Lipinski definition) is 3. The molecule has 0 spiro atoms. The molecule has 1 amide bonds. The van der Waals surface area contributed by atoms with E-state index in [0.29, 0.717) is 16.3 Å². The van der Waals surface area contributed by atoms with Crippen LogP contribution in [0.15, 0.2) is 18.2 Å². The Bertz CT molecular complexity index is 405. The molecule has 86 valence electrons. The minimum Gasteiger partial charge on any atom is -0.496 e. The van der Waals surface area contributed by atoms with Crippen molar-refractivity contribution in [2.75, 3.05) is 20.2 Å². The zero-order valence-electron chi connectivity index (χ0n) is 8.92. The van der Waals surface area contributed by atoms with Crippen molar-refractivity contribution in [3.8, 4) is 5.75 Å². The minimum absolute atomic E-state index is 0.125. The highest BCUT2D eigenvalue weighted by atomic mass is 35.5. The molecule has 0 unspecified atom stereocenters. The molecule has 0 saturated carbocycles. The normalized spacial score (nSPS) is 15.4. The maximum absolute atomic E-state index is 11.9.